The van der Waals surface area contributed by atoms with Crippen molar-refractivity contribution in [2.75, 3.05) is 31.6 Å². The lowest BCUT2D eigenvalue weighted by Crippen LogP contribution is -2.39. The normalized spacial score (nSPS) is 15.2. The van der Waals surface area contributed by atoms with Crippen LogP contribution in [-0.4, -0.2) is 37.6 Å². The van der Waals surface area contributed by atoms with Crippen molar-refractivity contribution in [1.29, 1.82) is 0 Å². The summed E-state index contributed by atoms with van der Waals surface area (Å²) in [5.41, 5.74) is 3.79. The van der Waals surface area contributed by atoms with E-state index >= 15 is 0 Å². The van der Waals surface area contributed by atoms with Crippen LogP contribution in [0.2, 0.25) is 0 Å². The zero-order valence-corrected chi connectivity index (χ0v) is 20.2. The van der Waals surface area contributed by atoms with Crippen LogP contribution in [0.1, 0.15) is 49.6 Å². The van der Waals surface area contributed by atoms with E-state index in [1.807, 2.05) is 7.05 Å². The molecular formula is C21H32IN5S. The summed E-state index contributed by atoms with van der Waals surface area (Å²) >= 11 is 1.76. The highest BCUT2D eigenvalue weighted by molar-refractivity contribution is 14.0. The number of halogens is 1. The lowest BCUT2D eigenvalue weighted by molar-refractivity contribution is 0.683. The van der Waals surface area contributed by atoms with E-state index in [0.717, 1.165) is 44.1 Å². The Morgan fingerprint density at radius 1 is 1.25 bits per heavy atom. The molecule has 1 unspecified atom stereocenters. The van der Waals surface area contributed by atoms with Gasteiger partial charge in [-0.1, -0.05) is 31.2 Å². The Hall–Kier alpha value is -1.35. The smallest absolute Gasteiger partial charge is 0.191 e. The number of aryl methyl sites for hydroxylation is 1. The molecule has 0 aliphatic carbocycles. The monoisotopic (exact) mass is 513 g/mol. The molecule has 2 heterocycles. The predicted octanol–water partition coefficient (Wildman–Crippen LogP) is 4.39. The summed E-state index contributed by atoms with van der Waals surface area (Å²) in [5.74, 6) is 0.831. The van der Waals surface area contributed by atoms with Gasteiger partial charge in [0, 0.05) is 38.5 Å². The van der Waals surface area contributed by atoms with Crippen molar-refractivity contribution in [2.45, 2.75) is 45.6 Å². The van der Waals surface area contributed by atoms with Crippen LogP contribution in [0.15, 0.2) is 34.6 Å². The molecule has 7 heteroatoms. The van der Waals surface area contributed by atoms with Crippen LogP contribution in [0, 0.1) is 0 Å². The fraction of sp³-hybridized carbons (Fsp3) is 0.524. The number of anilines is 1. The van der Waals surface area contributed by atoms with E-state index < -0.39 is 0 Å². The molecular weight excluding hydrogens is 481 g/mol. The summed E-state index contributed by atoms with van der Waals surface area (Å²) in [4.78, 5) is 11.5. The van der Waals surface area contributed by atoms with Crippen molar-refractivity contribution in [1.82, 2.24) is 15.6 Å². The molecule has 0 radical (unpaired) electrons. The van der Waals surface area contributed by atoms with Crippen molar-refractivity contribution in [2.24, 2.45) is 4.99 Å². The number of benzene rings is 1. The minimum atomic E-state index is 0. The third kappa shape index (κ3) is 6.34. The molecule has 0 spiro atoms. The van der Waals surface area contributed by atoms with Gasteiger partial charge in [0.25, 0.3) is 0 Å². The second kappa shape index (κ2) is 11.6. The third-order valence-electron chi connectivity index (χ3n) is 5.05. The summed E-state index contributed by atoms with van der Waals surface area (Å²) < 4.78 is 0. The largest absolute Gasteiger partial charge is 0.356 e. The molecule has 1 atom stereocenters. The molecule has 2 N–H and O–H groups in total. The predicted molar refractivity (Wildman–Crippen MR) is 131 cm³/mol. The number of thiazole rings is 1. The number of aromatic nitrogens is 1. The Labute approximate surface area is 190 Å². The van der Waals surface area contributed by atoms with Crippen LogP contribution in [-0.2, 0) is 12.8 Å². The third-order valence-corrected chi connectivity index (χ3v) is 6.00. The molecule has 0 amide bonds. The first-order chi connectivity index (χ1) is 13.2. The minimum Gasteiger partial charge on any atom is -0.356 e. The molecule has 1 aliphatic rings. The molecule has 1 aromatic carbocycles. The van der Waals surface area contributed by atoms with Gasteiger partial charge in [0.15, 0.2) is 11.1 Å². The zero-order valence-electron chi connectivity index (χ0n) is 17.1. The minimum absolute atomic E-state index is 0. The van der Waals surface area contributed by atoms with Crippen molar-refractivity contribution in [3.8, 4) is 0 Å². The van der Waals surface area contributed by atoms with Gasteiger partial charge in [0.05, 0.1) is 11.7 Å². The number of nitrogens with zero attached hydrogens (tertiary/aromatic N) is 3. The van der Waals surface area contributed by atoms with Crippen molar-refractivity contribution < 1.29 is 0 Å². The summed E-state index contributed by atoms with van der Waals surface area (Å²) in [5, 5.41) is 10.2. The van der Waals surface area contributed by atoms with E-state index in [1.54, 1.807) is 11.3 Å². The number of nitrogens with one attached hydrogen (secondary N) is 2. The Kier molecular flexibility index (Phi) is 9.50. The van der Waals surface area contributed by atoms with E-state index in [1.165, 1.54) is 29.1 Å². The second-order valence-corrected chi connectivity index (χ2v) is 7.86. The van der Waals surface area contributed by atoms with E-state index in [2.05, 4.69) is 64.0 Å². The summed E-state index contributed by atoms with van der Waals surface area (Å²) in [6.07, 6.45) is 4.56. The van der Waals surface area contributed by atoms with Gasteiger partial charge in [-0.05, 0) is 37.3 Å². The van der Waals surface area contributed by atoms with Crippen LogP contribution in [0.3, 0.4) is 0 Å². The fourth-order valence-electron chi connectivity index (χ4n) is 3.30. The van der Waals surface area contributed by atoms with E-state index in [9.17, 15) is 0 Å². The zero-order chi connectivity index (χ0) is 19.1. The Morgan fingerprint density at radius 2 is 1.96 bits per heavy atom. The molecule has 3 rings (SSSR count). The summed E-state index contributed by atoms with van der Waals surface area (Å²) in [6, 6.07) is 8.99. The highest BCUT2D eigenvalue weighted by atomic mass is 127. The average Bonchev–Trinajstić information content (AvgIpc) is 3.39. The van der Waals surface area contributed by atoms with Crippen LogP contribution < -0.4 is 15.5 Å². The van der Waals surface area contributed by atoms with Gasteiger partial charge in [0.2, 0.25) is 0 Å². The number of hydrogen-bond donors (Lipinski definition) is 2. The van der Waals surface area contributed by atoms with E-state index in [-0.39, 0.29) is 30.0 Å². The van der Waals surface area contributed by atoms with E-state index in [4.69, 9.17) is 4.98 Å². The van der Waals surface area contributed by atoms with Gasteiger partial charge >= 0.3 is 0 Å². The quantitative estimate of drug-likeness (QED) is 0.328. The Morgan fingerprint density at radius 3 is 2.61 bits per heavy atom. The van der Waals surface area contributed by atoms with Gasteiger partial charge in [-0.2, -0.15) is 0 Å². The fourth-order valence-corrected chi connectivity index (χ4v) is 4.21. The van der Waals surface area contributed by atoms with Crippen molar-refractivity contribution in [3.05, 3.63) is 46.5 Å². The molecule has 1 saturated heterocycles. The first-order valence-electron chi connectivity index (χ1n) is 9.95. The Bertz CT molecular complexity index is 738. The topological polar surface area (TPSA) is 52.6 Å². The first kappa shape index (κ1) is 22.9. The molecule has 28 heavy (non-hydrogen) atoms. The molecule has 2 aromatic rings. The van der Waals surface area contributed by atoms with Gasteiger partial charge < -0.3 is 15.5 Å². The molecule has 1 aliphatic heterocycles. The SMILES string of the molecule is CCc1ccc(C(C)NC(=NC)NCCc2csc(N3CCCC3)n2)cc1.I. The first-order valence-corrected chi connectivity index (χ1v) is 10.8. The van der Waals surface area contributed by atoms with Crippen LogP contribution >= 0.6 is 35.3 Å². The van der Waals surface area contributed by atoms with Gasteiger partial charge in [-0.3, -0.25) is 4.99 Å². The highest BCUT2D eigenvalue weighted by Crippen LogP contribution is 2.24. The van der Waals surface area contributed by atoms with Crippen LogP contribution in [0.25, 0.3) is 0 Å². The van der Waals surface area contributed by atoms with Crippen LogP contribution in [0.5, 0.6) is 0 Å². The van der Waals surface area contributed by atoms with E-state index in [0.29, 0.717) is 0 Å². The summed E-state index contributed by atoms with van der Waals surface area (Å²) in [7, 11) is 1.82. The molecule has 1 fully saturated rings. The van der Waals surface area contributed by atoms with Gasteiger partial charge in [-0.15, -0.1) is 35.3 Å². The number of aliphatic imine (C=N–C) groups is 1. The number of guanidine groups is 1. The van der Waals surface area contributed by atoms with Crippen molar-refractivity contribution in [3.63, 3.8) is 0 Å². The maximum atomic E-state index is 4.78. The van der Waals surface area contributed by atoms with Gasteiger partial charge in [0.1, 0.15) is 0 Å². The Balaban J connectivity index is 0.00000280. The average molecular weight is 513 g/mol. The molecule has 154 valence electrons. The standard InChI is InChI=1S/C21H31N5S.HI/c1-4-17-7-9-18(10-8-17)16(2)24-20(22-3)23-12-11-19-15-27-21(25-19)26-13-5-6-14-26;/h7-10,15-16H,4-6,11-14H2,1-3H3,(H2,22,23,24);1H. The molecule has 0 bridgehead atoms. The lowest BCUT2D eigenvalue weighted by Gasteiger charge is -2.18. The highest BCUT2D eigenvalue weighted by Gasteiger charge is 2.15. The maximum Gasteiger partial charge on any atom is 0.191 e. The maximum absolute atomic E-state index is 4.78. The molecule has 0 saturated carbocycles. The lowest BCUT2D eigenvalue weighted by atomic mass is 10.1. The molecule has 1 aromatic heterocycles. The van der Waals surface area contributed by atoms with Crippen LogP contribution in [0.4, 0.5) is 5.13 Å². The summed E-state index contributed by atoms with van der Waals surface area (Å²) in [6.45, 7) is 7.47. The second-order valence-electron chi connectivity index (χ2n) is 7.03. The molecule has 5 nitrogen and oxygen atoms in total. The number of rotatable bonds is 7. The van der Waals surface area contributed by atoms with Crippen molar-refractivity contribution >= 4 is 46.4 Å². The van der Waals surface area contributed by atoms with Gasteiger partial charge in [-0.25, -0.2) is 4.98 Å². The number of hydrogen-bond acceptors (Lipinski definition) is 4.